The molecule has 1 nitrogen and oxygen atoms in total. The van der Waals surface area contributed by atoms with Gasteiger partial charge in [-0.1, -0.05) is 6.08 Å². The van der Waals surface area contributed by atoms with Crippen molar-refractivity contribution in [3.05, 3.63) is 24.2 Å². The highest BCUT2D eigenvalue weighted by Gasteiger charge is 1.93. The van der Waals surface area contributed by atoms with Crippen LogP contribution in [0.15, 0.2) is 29.2 Å². The fourth-order valence-corrected chi connectivity index (χ4v) is 0.610. The minimum atomic E-state index is -0.178. The molecule has 0 saturated heterocycles. The zero-order valence-corrected chi connectivity index (χ0v) is 5.26. The third kappa shape index (κ3) is 1.80. The van der Waals surface area contributed by atoms with E-state index < -0.39 is 0 Å². The molecule has 0 aromatic heterocycles. The average molecular weight is 125 g/mol. The van der Waals surface area contributed by atoms with Gasteiger partial charge in [0.15, 0.2) is 0 Å². The van der Waals surface area contributed by atoms with Crippen molar-refractivity contribution in [2.75, 3.05) is 0 Å². The van der Waals surface area contributed by atoms with E-state index in [0.29, 0.717) is 6.42 Å². The van der Waals surface area contributed by atoms with E-state index in [1.165, 1.54) is 6.20 Å². The van der Waals surface area contributed by atoms with Gasteiger partial charge in [-0.2, -0.15) is 0 Å². The predicted octanol–water partition coefficient (Wildman–Crippen LogP) is 2.22. The lowest BCUT2D eigenvalue weighted by Crippen LogP contribution is -1.78. The second-order valence-corrected chi connectivity index (χ2v) is 1.95. The van der Waals surface area contributed by atoms with E-state index >= 15 is 0 Å². The fourth-order valence-electron chi connectivity index (χ4n) is 0.610. The molecular weight excluding hydrogens is 117 g/mol. The van der Waals surface area contributed by atoms with Gasteiger partial charge in [-0.25, -0.2) is 4.39 Å². The third-order valence-corrected chi connectivity index (χ3v) is 1.08. The van der Waals surface area contributed by atoms with Gasteiger partial charge in [0, 0.05) is 12.1 Å². The molecule has 0 aliphatic carbocycles. The molecule has 1 heterocycles. The summed E-state index contributed by atoms with van der Waals surface area (Å²) in [5.74, 6) is -0.178. The molecule has 1 aliphatic heterocycles. The van der Waals surface area contributed by atoms with Crippen LogP contribution in [0.2, 0.25) is 0 Å². The molecule has 1 aliphatic rings. The van der Waals surface area contributed by atoms with Crippen LogP contribution in [0.3, 0.4) is 0 Å². The first-order valence-electron chi connectivity index (χ1n) is 2.84. The molecule has 0 amide bonds. The van der Waals surface area contributed by atoms with E-state index in [1.54, 1.807) is 6.08 Å². The van der Waals surface area contributed by atoms with E-state index in [0.717, 1.165) is 5.71 Å². The van der Waals surface area contributed by atoms with Gasteiger partial charge in [0.1, 0.15) is 5.83 Å². The Morgan fingerprint density at radius 1 is 1.67 bits per heavy atom. The van der Waals surface area contributed by atoms with Crippen molar-refractivity contribution in [3.63, 3.8) is 0 Å². The van der Waals surface area contributed by atoms with Crippen molar-refractivity contribution in [2.24, 2.45) is 4.99 Å². The van der Waals surface area contributed by atoms with E-state index in [2.05, 4.69) is 4.99 Å². The Bertz CT molecular complexity index is 189. The van der Waals surface area contributed by atoms with E-state index in [-0.39, 0.29) is 5.83 Å². The predicted molar refractivity (Wildman–Crippen MR) is 36.1 cm³/mol. The topological polar surface area (TPSA) is 12.4 Å². The van der Waals surface area contributed by atoms with E-state index in [1.807, 2.05) is 13.0 Å². The normalized spacial score (nSPS) is 18.4. The molecule has 0 unspecified atom stereocenters. The molecule has 9 heavy (non-hydrogen) atoms. The molecule has 1 rings (SSSR count). The summed E-state index contributed by atoms with van der Waals surface area (Å²) in [6.07, 6.45) is 5.21. The highest BCUT2D eigenvalue weighted by Crippen LogP contribution is 2.07. The van der Waals surface area contributed by atoms with Crippen LogP contribution in [-0.4, -0.2) is 5.71 Å². The molecule has 0 saturated carbocycles. The quantitative estimate of drug-likeness (QED) is 0.470. The summed E-state index contributed by atoms with van der Waals surface area (Å²) in [6, 6.07) is 0. The number of nitrogens with zero attached hydrogens (tertiary/aromatic N) is 1. The Morgan fingerprint density at radius 3 is 3.22 bits per heavy atom. The minimum Gasteiger partial charge on any atom is -0.259 e. The standard InChI is InChI=1S/C7H8FN/c1-6-3-2-4-7(8)5-9-6/h2-3,5H,4H2,1H3. The van der Waals surface area contributed by atoms with Crippen LogP contribution >= 0.6 is 0 Å². The van der Waals surface area contributed by atoms with Crippen molar-refractivity contribution in [1.82, 2.24) is 0 Å². The first-order valence-corrected chi connectivity index (χ1v) is 2.84. The summed E-state index contributed by atoms with van der Waals surface area (Å²) in [5, 5.41) is 0. The van der Waals surface area contributed by atoms with Crippen LogP contribution in [0.25, 0.3) is 0 Å². The molecule has 0 aromatic carbocycles. The number of rotatable bonds is 0. The van der Waals surface area contributed by atoms with Gasteiger partial charge in [0.25, 0.3) is 0 Å². The molecule has 0 bridgehead atoms. The van der Waals surface area contributed by atoms with Crippen molar-refractivity contribution in [3.8, 4) is 0 Å². The Kier molecular flexibility index (Phi) is 1.78. The Hall–Kier alpha value is -0.920. The number of hydrogen-bond donors (Lipinski definition) is 0. The smallest absolute Gasteiger partial charge is 0.122 e. The molecule has 0 aromatic rings. The molecular formula is C7H8FN. The first-order chi connectivity index (χ1) is 4.29. The maximum absolute atomic E-state index is 12.3. The van der Waals surface area contributed by atoms with Gasteiger partial charge >= 0.3 is 0 Å². The first kappa shape index (κ1) is 6.20. The summed E-state index contributed by atoms with van der Waals surface area (Å²) >= 11 is 0. The Labute approximate surface area is 53.6 Å². The summed E-state index contributed by atoms with van der Waals surface area (Å²) in [5.41, 5.74) is 0.850. The van der Waals surface area contributed by atoms with Gasteiger partial charge in [0.2, 0.25) is 0 Å². The molecule has 0 fully saturated rings. The number of aliphatic imine (C=N–C) groups is 1. The monoisotopic (exact) mass is 125 g/mol. The van der Waals surface area contributed by atoms with Crippen LogP contribution in [0, 0.1) is 0 Å². The summed E-state index contributed by atoms with van der Waals surface area (Å²) < 4.78 is 12.3. The molecule has 0 N–H and O–H groups in total. The lowest BCUT2D eigenvalue weighted by atomic mass is 10.3. The lowest BCUT2D eigenvalue weighted by molar-refractivity contribution is 0.615. The second-order valence-electron chi connectivity index (χ2n) is 1.95. The van der Waals surface area contributed by atoms with Crippen molar-refractivity contribution < 1.29 is 4.39 Å². The van der Waals surface area contributed by atoms with E-state index in [4.69, 9.17) is 0 Å². The van der Waals surface area contributed by atoms with Gasteiger partial charge in [-0.15, -0.1) is 0 Å². The Morgan fingerprint density at radius 2 is 2.44 bits per heavy atom. The van der Waals surface area contributed by atoms with Crippen molar-refractivity contribution in [2.45, 2.75) is 13.3 Å². The SMILES string of the molecule is CC1=NC=C(F)CC=C1. The maximum atomic E-state index is 12.3. The van der Waals surface area contributed by atoms with Gasteiger partial charge < -0.3 is 0 Å². The van der Waals surface area contributed by atoms with Crippen molar-refractivity contribution >= 4 is 5.71 Å². The Balaban J connectivity index is 2.80. The second kappa shape index (κ2) is 2.58. The number of allylic oxidation sites excluding steroid dienone is 3. The van der Waals surface area contributed by atoms with Crippen LogP contribution in [0.5, 0.6) is 0 Å². The lowest BCUT2D eigenvalue weighted by Gasteiger charge is -1.81. The molecule has 2 heteroatoms. The number of halogens is 1. The zero-order valence-electron chi connectivity index (χ0n) is 5.26. The third-order valence-electron chi connectivity index (χ3n) is 1.08. The van der Waals surface area contributed by atoms with Crippen LogP contribution in [0.4, 0.5) is 4.39 Å². The van der Waals surface area contributed by atoms with Crippen molar-refractivity contribution in [1.29, 1.82) is 0 Å². The largest absolute Gasteiger partial charge is 0.259 e. The molecule has 48 valence electrons. The fraction of sp³-hybridized carbons (Fsp3) is 0.286. The highest BCUT2D eigenvalue weighted by molar-refractivity contribution is 5.93. The zero-order chi connectivity index (χ0) is 6.69. The molecule has 0 atom stereocenters. The minimum absolute atomic E-state index is 0.178. The average Bonchev–Trinajstić information content (AvgIpc) is 1.97. The van der Waals surface area contributed by atoms with Gasteiger partial charge in [-0.3, -0.25) is 4.99 Å². The van der Waals surface area contributed by atoms with Crippen LogP contribution in [0.1, 0.15) is 13.3 Å². The number of hydrogen-bond acceptors (Lipinski definition) is 1. The van der Waals surface area contributed by atoms with E-state index in [9.17, 15) is 4.39 Å². The molecule has 0 radical (unpaired) electrons. The summed E-state index contributed by atoms with van der Waals surface area (Å²) in [7, 11) is 0. The maximum Gasteiger partial charge on any atom is 0.122 e. The summed E-state index contributed by atoms with van der Waals surface area (Å²) in [6.45, 7) is 1.84. The van der Waals surface area contributed by atoms with Gasteiger partial charge in [-0.05, 0) is 13.0 Å². The van der Waals surface area contributed by atoms with Gasteiger partial charge in [0.05, 0.1) is 6.20 Å². The van der Waals surface area contributed by atoms with Crippen LogP contribution < -0.4 is 0 Å². The van der Waals surface area contributed by atoms with Crippen LogP contribution in [-0.2, 0) is 0 Å². The summed E-state index contributed by atoms with van der Waals surface area (Å²) in [4.78, 5) is 3.80. The highest BCUT2D eigenvalue weighted by atomic mass is 19.1. The molecule has 0 spiro atoms.